The maximum absolute atomic E-state index is 5.55. The molecule has 2 aliphatic rings. The fourth-order valence-corrected chi connectivity index (χ4v) is 2.72. The minimum absolute atomic E-state index is 0.279. The van der Waals surface area contributed by atoms with Gasteiger partial charge in [-0.15, -0.1) is 0 Å². The molecule has 0 amide bonds. The highest BCUT2D eigenvalue weighted by Gasteiger charge is 2.19. The number of hydrazone groups is 1. The first-order chi connectivity index (χ1) is 10.1. The molecule has 2 atom stereocenters. The largest absolute Gasteiger partial charge is 0.376 e. The predicted octanol–water partition coefficient (Wildman–Crippen LogP) is 2.92. The van der Waals surface area contributed by atoms with E-state index in [4.69, 9.17) is 17.0 Å². The molecule has 1 saturated heterocycles. The van der Waals surface area contributed by atoms with Gasteiger partial charge in [-0.2, -0.15) is 5.10 Å². The third-order valence-corrected chi connectivity index (χ3v) is 4.34. The molecule has 5 heteroatoms. The van der Waals surface area contributed by atoms with Crippen molar-refractivity contribution in [2.75, 3.05) is 13.2 Å². The second kappa shape index (κ2) is 7.71. The molecule has 0 spiro atoms. The van der Waals surface area contributed by atoms with Crippen LogP contribution in [0.4, 0.5) is 0 Å². The fourth-order valence-electron chi connectivity index (χ4n) is 2.59. The Morgan fingerprint density at radius 3 is 3.05 bits per heavy atom. The summed E-state index contributed by atoms with van der Waals surface area (Å²) in [6.45, 7) is 9.84. The van der Waals surface area contributed by atoms with Crippen molar-refractivity contribution < 1.29 is 4.74 Å². The zero-order chi connectivity index (χ0) is 15.2. The second-order valence-corrected chi connectivity index (χ2v) is 6.29. The Kier molecular flexibility index (Phi) is 5.94. The summed E-state index contributed by atoms with van der Waals surface area (Å²) in [5, 5.41) is 8.18. The van der Waals surface area contributed by atoms with Crippen LogP contribution < -0.4 is 10.7 Å². The second-order valence-electron chi connectivity index (χ2n) is 5.89. The molecule has 2 N–H and O–H groups in total. The lowest BCUT2D eigenvalue weighted by Crippen LogP contribution is -2.37. The van der Waals surface area contributed by atoms with Gasteiger partial charge in [-0.25, -0.2) is 0 Å². The minimum Gasteiger partial charge on any atom is -0.376 e. The Morgan fingerprint density at radius 1 is 1.57 bits per heavy atom. The van der Waals surface area contributed by atoms with Gasteiger partial charge in [-0.3, -0.25) is 5.43 Å². The molecule has 1 aliphatic heterocycles. The van der Waals surface area contributed by atoms with Crippen molar-refractivity contribution in [3.8, 4) is 0 Å². The lowest BCUT2D eigenvalue weighted by molar-refractivity contribution is 0.114. The molecule has 0 unspecified atom stereocenters. The Bertz CT molecular complexity index is 464. The average molecular weight is 307 g/mol. The predicted molar refractivity (Wildman–Crippen MR) is 91.4 cm³/mol. The van der Waals surface area contributed by atoms with E-state index >= 15 is 0 Å². The van der Waals surface area contributed by atoms with Crippen molar-refractivity contribution in [3.63, 3.8) is 0 Å². The van der Waals surface area contributed by atoms with Gasteiger partial charge < -0.3 is 10.1 Å². The Hall–Kier alpha value is -1.20. The summed E-state index contributed by atoms with van der Waals surface area (Å²) in [5.74, 6) is 0.489. The molecule has 116 valence electrons. The number of hydrogen-bond donors (Lipinski definition) is 2. The molecule has 0 radical (unpaired) electrons. The van der Waals surface area contributed by atoms with Gasteiger partial charge in [-0.1, -0.05) is 18.2 Å². The van der Waals surface area contributed by atoms with E-state index in [0.717, 1.165) is 44.5 Å². The Morgan fingerprint density at radius 2 is 2.38 bits per heavy atom. The van der Waals surface area contributed by atoms with Crippen molar-refractivity contribution in [1.29, 1.82) is 0 Å². The molecule has 0 aromatic carbocycles. The average Bonchev–Trinajstić information content (AvgIpc) is 2.97. The van der Waals surface area contributed by atoms with Gasteiger partial charge in [0.2, 0.25) is 0 Å². The highest BCUT2D eigenvalue weighted by Crippen LogP contribution is 2.26. The summed E-state index contributed by atoms with van der Waals surface area (Å²) in [5.41, 5.74) is 6.45. The van der Waals surface area contributed by atoms with Gasteiger partial charge in [0.05, 0.1) is 11.8 Å². The summed E-state index contributed by atoms with van der Waals surface area (Å²) < 4.78 is 5.55. The number of nitrogens with zero attached hydrogens (tertiary/aromatic N) is 1. The van der Waals surface area contributed by atoms with Gasteiger partial charge in [0.1, 0.15) is 0 Å². The standard InChI is InChI=1S/C16H25N3OS/c1-11(2)13-7-6-12(3)15(9-13)18-19-16(21)17-10-14-5-4-8-20-14/h6,13-14H,1,4-5,7-10H2,2-3H3,(H2,17,19,21)/b18-15-/t13-,14+/m1/s1. The van der Waals surface area contributed by atoms with E-state index in [-0.39, 0.29) is 6.10 Å². The molecule has 0 aromatic rings. The van der Waals surface area contributed by atoms with E-state index in [2.05, 4.69) is 42.3 Å². The maximum atomic E-state index is 5.55. The molecule has 1 aliphatic carbocycles. The van der Waals surface area contributed by atoms with Crippen LogP contribution in [-0.2, 0) is 4.74 Å². The van der Waals surface area contributed by atoms with Crippen LogP contribution in [0.15, 0.2) is 28.9 Å². The third kappa shape index (κ3) is 4.93. The van der Waals surface area contributed by atoms with E-state index in [1.165, 1.54) is 11.1 Å². The lowest BCUT2D eigenvalue weighted by atomic mass is 9.85. The van der Waals surface area contributed by atoms with Crippen molar-refractivity contribution in [2.45, 2.75) is 45.6 Å². The van der Waals surface area contributed by atoms with Crippen LogP contribution >= 0.6 is 12.2 Å². The van der Waals surface area contributed by atoms with Crippen LogP contribution in [0.3, 0.4) is 0 Å². The van der Waals surface area contributed by atoms with Crippen LogP contribution in [-0.4, -0.2) is 30.1 Å². The molecule has 21 heavy (non-hydrogen) atoms. The third-order valence-electron chi connectivity index (χ3n) is 4.11. The Balaban J connectivity index is 1.81. The highest BCUT2D eigenvalue weighted by molar-refractivity contribution is 7.80. The molecule has 1 heterocycles. The van der Waals surface area contributed by atoms with Gasteiger partial charge in [-0.05, 0) is 63.2 Å². The smallest absolute Gasteiger partial charge is 0.187 e. The van der Waals surface area contributed by atoms with Gasteiger partial charge in [0, 0.05) is 13.2 Å². The van der Waals surface area contributed by atoms with E-state index in [1.807, 2.05) is 0 Å². The normalized spacial score (nSPS) is 27.3. The van der Waals surface area contributed by atoms with Crippen molar-refractivity contribution >= 4 is 23.0 Å². The van der Waals surface area contributed by atoms with Crippen molar-refractivity contribution in [2.24, 2.45) is 11.0 Å². The number of nitrogens with one attached hydrogen (secondary N) is 2. The van der Waals surface area contributed by atoms with Gasteiger partial charge in [0.15, 0.2) is 5.11 Å². The van der Waals surface area contributed by atoms with Gasteiger partial charge >= 0.3 is 0 Å². The van der Waals surface area contributed by atoms with Crippen LogP contribution in [0.25, 0.3) is 0 Å². The molecule has 1 fully saturated rings. The molecule has 2 rings (SSSR count). The first-order valence-electron chi connectivity index (χ1n) is 7.60. The zero-order valence-corrected chi connectivity index (χ0v) is 13.8. The molecule has 0 bridgehead atoms. The van der Waals surface area contributed by atoms with Crippen molar-refractivity contribution in [3.05, 3.63) is 23.8 Å². The summed E-state index contributed by atoms with van der Waals surface area (Å²) in [6, 6.07) is 0. The number of thiocarbonyl (C=S) groups is 1. The first kappa shape index (κ1) is 16.2. The quantitative estimate of drug-likeness (QED) is 0.476. The fraction of sp³-hybridized carbons (Fsp3) is 0.625. The van der Waals surface area contributed by atoms with Crippen molar-refractivity contribution in [1.82, 2.24) is 10.7 Å². The van der Waals surface area contributed by atoms with Crippen LogP contribution in [0.1, 0.15) is 39.5 Å². The van der Waals surface area contributed by atoms with Gasteiger partial charge in [0.25, 0.3) is 0 Å². The topological polar surface area (TPSA) is 45.7 Å². The number of allylic oxidation sites excluding steroid dienone is 3. The monoisotopic (exact) mass is 307 g/mol. The SMILES string of the molecule is C=C(C)[C@@H]1CC=C(C)/C(=N\NC(=S)NC[C@@H]2CCCO2)C1. The highest BCUT2D eigenvalue weighted by atomic mass is 32.1. The lowest BCUT2D eigenvalue weighted by Gasteiger charge is -2.22. The molecular weight excluding hydrogens is 282 g/mol. The summed E-state index contributed by atoms with van der Waals surface area (Å²) in [4.78, 5) is 0. The molecule has 0 aromatic heterocycles. The number of hydrogen-bond acceptors (Lipinski definition) is 3. The van der Waals surface area contributed by atoms with Crippen LogP contribution in [0, 0.1) is 5.92 Å². The Labute approximate surface area is 132 Å². The molecule has 4 nitrogen and oxygen atoms in total. The molecule has 0 saturated carbocycles. The van der Waals surface area contributed by atoms with E-state index in [1.54, 1.807) is 0 Å². The number of rotatable bonds is 4. The van der Waals surface area contributed by atoms with E-state index in [0.29, 0.717) is 11.0 Å². The first-order valence-corrected chi connectivity index (χ1v) is 8.01. The van der Waals surface area contributed by atoms with Crippen LogP contribution in [0.5, 0.6) is 0 Å². The maximum Gasteiger partial charge on any atom is 0.187 e. The zero-order valence-electron chi connectivity index (χ0n) is 12.9. The number of ether oxygens (including phenoxy) is 1. The van der Waals surface area contributed by atoms with E-state index in [9.17, 15) is 0 Å². The summed E-state index contributed by atoms with van der Waals surface area (Å²) in [7, 11) is 0. The van der Waals surface area contributed by atoms with E-state index < -0.39 is 0 Å². The summed E-state index contributed by atoms with van der Waals surface area (Å²) in [6.07, 6.45) is 6.74. The van der Waals surface area contributed by atoms with Crippen LogP contribution in [0.2, 0.25) is 0 Å². The minimum atomic E-state index is 0.279. The summed E-state index contributed by atoms with van der Waals surface area (Å²) >= 11 is 5.25. The molecular formula is C16H25N3OS.